The average molecular weight is 220 g/mol. The number of nitro benzene ring substituents is 1. The highest BCUT2D eigenvalue weighted by Gasteiger charge is 2.04. The number of non-ortho nitro benzene ring substituents is 1. The first kappa shape index (κ1) is 12.2. The van der Waals surface area contributed by atoms with Crippen molar-refractivity contribution in [2.24, 2.45) is 0 Å². The van der Waals surface area contributed by atoms with Crippen LogP contribution in [0.15, 0.2) is 18.2 Å². The van der Waals surface area contributed by atoms with Crippen LogP contribution in [0.2, 0.25) is 0 Å². The molecule has 0 amide bonds. The molecule has 0 spiro atoms. The predicted octanol–water partition coefficient (Wildman–Crippen LogP) is 1.08. The predicted molar refractivity (Wildman–Crippen MR) is 65.2 cm³/mol. The first-order valence-electron chi connectivity index (χ1n) is 5.09. The van der Waals surface area contributed by atoms with E-state index in [-0.39, 0.29) is 5.69 Å². The molecule has 0 saturated carbocycles. The molecule has 0 radical (unpaired) electrons. The third-order valence-corrected chi connectivity index (χ3v) is 2.50. The Balaban J connectivity index is 3.27. The van der Waals surface area contributed by atoms with Crippen LogP contribution in [0.4, 0.5) is 5.69 Å². The van der Waals surface area contributed by atoms with Gasteiger partial charge in [0.15, 0.2) is 0 Å². The summed E-state index contributed by atoms with van der Waals surface area (Å²) >= 11 is 0. The van der Waals surface area contributed by atoms with Crippen LogP contribution in [0.5, 0.6) is 0 Å². The van der Waals surface area contributed by atoms with Crippen LogP contribution >= 0.6 is 0 Å². The standard InChI is InChI=1S/C12H16N2O2/c1-9(2)13(4)8-11-7-12(14(15)16)6-5-10(11)3/h5-9H,3H2,1-2,4H3/b11-8-. The highest BCUT2D eigenvalue weighted by atomic mass is 16.6. The van der Waals surface area contributed by atoms with Gasteiger partial charge in [0, 0.05) is 36.6 Å². The Hall–Kier alpha value is -1.84. The maximum absolute atomic E-state index is 10.6. The lowest BCUT2D eigenvalue weighted by Crippen LogP contribution is -2.29. The first-order valence-corrected chi connectivity index (χ1v) is 5.09. The molecule has 1 aromatic carbocycles. The zero-order valence-electron chi connectivity index (χ0n) is 9.80. The highest BCUT2D eigenvalue weighted by Crippen LogP contribution is 2.03. The topological polar surface area (TPSA) is 46.4 Å². The van der Waals surface area contributed by atoms with Gasteiger partial charge in [-0.3, -0.25) is 10.1 Å². The Morgan fingerprint density at radius 2 is 2.12 bits per heavy atom. The third kappa shape index (κ3) is 2.82. The fourth-order valence-corrected chi connectivity index (χ4v) is 1.18. The summed E-state index contributed by atoms with van der Waals surface area (Å²) in [6.45, 7) is 7.96. The van der Waals surface area contributed by atoms with E-state index in [4.69, 9.17) is 0 Å². The third-order valence-electron chi connectivity index (χ3n) is 2.50. The lowest BCUT2D eigenvalue weighted by Gasteiger charge is -2.18. The van der Waals surface area contributed by atoms with Gasteiger partial charge in [0.1, 0.15) is 0 Å². The van der Waals surface area contributed by atoms with Crippen LogP contribution < -0.4 is 10.4 Å². The van der Waals surface area contributed by atoms with Crippen molar-refractivity contribution in [1.29, 1.82) is 0 Å². The summed E-state index contributed by atoms with van der Waals surface area (Å²) in [6, 6.07) is 5.02. The van der Waals surface area contributed by atoms with Gasteiger partial charge in [-0.1, -0.05) is 6.58 Å². The summed E-state index contributed by atoms with van der Waals surface area (Å²) in [4.78, 5) is 12.2. The second kappa shape index (κ2) is 4.79. The van der Waals surface area contributed by atoms with Crippen molar-refractivity contribution in [3.8, 4) is 0 Å². The van der Waals surface area contributed by atoms with E-state index in [1.807, 2.05) is 18.1 Å². The van der Waals surface area contributed by atoms with E-state index in [0.29, 0.717) is 6.04 Å². The van der Waals surface area contributed by atoms with Crippen molar-refractivity contribution in [3.05, 3.63) is 38.8 Å². The Morgan fingerprint density at radius 3 is 2.62 bits per heavy atom. The molecule has 0 aliphatic rings. The Bertz CT molecular complexity index is 494. The summed E-state index contributed by atoms with van der Waals surface area (Å²) in [5, 5.41) is 12.2. The molecule has 0 N–H and O–H groups in total. The number of rotatable bonds is 3. The molecule has 4 heteroatoms. The summed E-state index contributed by atoms with van der Waals surface area (Å²) in [5.74, 6) is 0. The molecule has 0 saturated heterocycles. The Labute approximate surface area is 94.7 Å². The smallest absolute Gasteiger partial charge is 0.270 e. The van der Waals surface area contributed by atoms with Gasteiger partial charge in [0.2, 0.25) is 0 Å². The second-order valence-corrected chi connectivity index (χ2v) is 4.03. The molecule has 0 unspecified atom stereocenters. The minimum atomic E-state index is -0.397. The molecule has 1 rings (SSSR count). The normalized spacial score (nSPS) is 11.9. The quantitative estimate of drug-likeness (QED) is 0.565. The molecule has 16 heavy (non-hydrogen) atoms. The molecule has 0 bridgehead atoms. The van der Waals surface area contributed by atoms with E-state index >= 15 is 0 Å². The number of nitrogens with zero attached hydrogens (tertiary/aromatic N) is 2. The van der Waals surface area contributed by atoms with Crippen molar-refractivity contribution in [3.63, 3.8) is 0 Å². The Morgan fingerprint density at radius 1 is 1.50 bits per heavy atom. The van der Waals surface area contributed by atoms with Gasteiger partial charge in [-0.15, -0.1) is 0 Å². The molecule has 0 fully saturated rings. The van der Waals surface area contributed by atoms with Crippen LogP contribution in [0.25, 0.3) is 12.8 Å². The van der Waals surface area contributed by atoms with Gasteiger partial charge in [-0.25, -0.2) is 0 Å². The largest absolute Gasteiger partial charge is 0.377 e. The van der Waals surface area contributed by atoms with E-state index in [0.717, 1.165) is 10.4 Å². The molecule has 0 aromatic heterocycles. The van der Waals surface area contributed by atoms with Crippen LogP contribution in [0.1, 0.15) is 13.8 Å². The van der Waals surface area contributed by atoms with Crippen LogP contribution in [0.3, 0.4) is 0 Å². The SMILES string of the molecule is C=c1ccc([N+](=O)[O-])c/c1=C/N(C)C(C)C. The minimum Gasteiger partial charge on any atom is -0.377 e. The number of hydrogen-bond acceptors (Lipinski definition) is 3. The average Bonchev–Trinajstić information content (AvgIpc) is 2.20. The zero-order valence-corrected chi connectivity index (χ0v) is 9.80. The van der Waals surface area contributed by atoms with Gasteiger partial charge in [0.25, 0.3) is 5.69 Å². The van der Waals surface area contributed by atoms with Crippen molar-refractivity contribution < 1.29 is 4.92 Å². The molecule has 0 atom stereocenters. The van der Waals surface area contributed by atoms with Crippen molar-refractivity contribution >= 4 is 18.5 Å². The highest BCUT2D eigenvalue weighted by molar-refractivity contribution is 5.36. The van der Waals surface area contributed by atoms with E-state index in [1.54, 1.807) is 12.1 Å². The molecule has 4 nitrogen and oxygen atoms in total. The summed E-state index contributed by atoms with van der Waals surface area (Å²) in [5.41, 5.74) is 0.0933. The molecule has 0 aliphatic carbocycles. The summed E-state index contributed by atoms with van der Waals surface area (Å²) < 4.78 is 0. The van der Waals surface area contributed by atoms with Crippen LogP contribution in [0, 0.1) is 10.1 Å². The lowest BCUT2D eigenvalue weighted by atomic mass is 10.2. The van der Waals surface area contributed by atoms with E-state index < -0.39 is 4.92 Å². The lowest BCUT2D eigenvalue weighted by molar-refractivity contribution is -0.385. The van der Waals surface area contributed by atoms with E-state index in [2.05, 4.69) is 20.4 Å². The summed E-state index contributed by atoms with van der Waals surface area (Å²) in [6.07, 6.45) is 1.88. The van der Waals surface area contributed by atoms with Gasteiger partial charge < -0.3 is 4.90 Å². The second-order valence-electron chi connectivity index (χ2n) is 4.03. The van der Waals surface area contributed by atoms with Gasteiger partial charge in [-0.2, -0.15) is 0 Å². The van der Waals surface area contributed by atoms with Gasteiger partial charge >= 0.3 is 0 Å². The van der Waals surface area contributed by atoms with Crippen LogP contribution in [-0.2, 0) is 0 Å². The van der Waals surface area contributed by atoms with Gasteiger partial charge in [-0.05, 0) is 25.1 Å². The monoisotopic (exact) mass is 220 g/mol. The maximum Gasteiger partial charge on any atom is 0.270 e. The fraction of sp³-hybridized carbons (Fsp3) is 0.333. The maximum atomic E-state index is 10.6. The zero-order chi connectivity index (χ0) is 12.3. The van der Waals surface area contributed by atoms with Crippen molar-refractivity contribution in [2.75, 3.05) is 7.05 Å². The van der Waals surface area contributed by atoms with Gasteiger partial charge in [0.05, 0.1) is 4.92 Å². The molecule has 0 heterocycles. The van der Waals surface area contributed by atoms with E-state index in [9.17, 15) is 10.1 Å². The molecule has 0 aliphatic heterocycles. The molecule has 1 aromatic rings. The van der Waals surface area contributed by atoms with Crippen molar-refractivity contribution in [1.82, 2.24) is 4.90 Å². The first-order chi connectivity index (χ1) is 7.41. The Kier molecular flexibility index (Phi) is 3.66. The molecule has 86 valence electrons. The van der Waals surface area contributed by atoms with Crippen molar-refractivity contribution in [2.45, 2.75) is 19.9 Å². The number of benzene rings is 1. The molecular weight excluding hydrogens is 204 g/mol. The summed E-state index contributed by atoms with van der Waals surface area (Å²) in [7, 11) is 1.93. The number of hydrogen-bond donors (Lipinski definition) is 0. The molecular formula is C12H16N2O2. The number of nitro groups is 1. The van der Waals surface area contributed by atoms with E-state index in [1.165, 1.54) is 6.07 Å². The fourth-order valence-electron chi connectivity index (χ4n) is 1.18. The minimum absolute atomic E-state index is 0.0933. The van der Waals surface area contributed by atoms with Crippen LogP contribution in [-0.4, -0.2) is 22.9 Å².